The van der Waals surface area contributed by atoms with Crippen LogP contribution in [0.3, 0.4) is 0 Å². The third-order valence-corrected chi connectivity index (χ3v) is 3.47. The molecule has 2 rings (SSSR count). The molecule has 0 saturated carbocycles. The van der Waals surface area contributed by atoms with Crippen molar-refractivity contribution in [3.63, 3.8) is 0 Å². The lowest BCUT2D eigenvalue weighted by Gasteiger charge is -2.05. The average Bonchev–Trinajstić information content (AvgIpc) is 2.98. The Morgan fingerprint density at radius 1 is 1.32 bits per heavy atom. The van der Waals surface area contributed by atoms with Crippen molar-refractivity contribution >= 4 is 29.2 Å². The zero-order chi connectivity index (χ0) is 15.9. The Morgan fingerprint density at radius 2 is 2.14 bits per heavy atom. The lowest BCUT2D eigenvalue weighted by molar-refractivity contribution is 0.0520. The van der Waals surface area contributed by atoms with Gasteiger partial charge in [0.25, 0.3) is 0 Å². The Bertz CT molecular complexity index is 654. The van der Waals surface area contributed by atoms with E-state index in [4.69, 9.17) is 4.74 Å². The molecule has 22 heavy (non-hydrogen) atoms. The molecule has 2 aromatic rings. The Kier molecular flexibility index (Phi) is 5.42. The number of pyridine rings is 1. The predicted octanol–water partition coefficient (Wildman–Crippen LogP) is 2.52. The number of rotatable bonds is 5. The standard InChI is InChI=1S/C14H16N4O3S/c1-3-15-14(20)18-11-6-5-9(7-16-11)12-17-10(8-22-12)13(19)21-4-2/h5-8H,3-4H2,1-2H3,(H2,15,16,18,20). The molecule has 0 unspecified atom stereocenters. The number of carbonyl (C=O) groups excluding carboxylic acids is 2. The maximum Gasteiger partial charge on any atom is 0.357 e. The summed E-state index contributed by atoms with van der Waals surface area (Å²) in [7, 11) is 0. The molecule has 0 atom stereocenters. The summed E-state index contributed by atoms with van der Waals surface area (Å²) >= 11 is 1.33. The van der Waals surface area contributed by atoms with Gasteiger partial charge in [-0.15, -0.1) is 11.3 Å². The van der Waals surface area contributed by atoms with Crippen molar-refractivity contribution in [1.29, 1.82) is 0 Å². The van der Waals surface area contributed by atoms with Crippen molar-refractivity contribution in [2.24, 2.45) is 0 Å². The molecule has 0 spiro atoms. The molecule has 0 fully saturated rings. The number of hydrogen-bond acceptors (Lipinski definition) is 6. The van der Waals surface area contributed by atoms with Crippen LogP contribution in [0.1, 0.15) is 24.3 Å². The smallest absolute Gasteiger partial charge is 0.357 e. The summed E-state index contributed by atoms with van der Waals surface area (Å²) in [5.74, 6) is 0.00403. The Labute approximate surface area is 131 Å². The van der Waals surface area contributed by atoms with Gasteiger partial charge >= 0.3 is 12.0 Å². The van der Waals surface area contributed by atoms with E-state index in [1.807, 2.05) is 6.92 Å². The van der Waals surface area contributed by atoms with Crippen LogP contribution in [0.2, 0.25) is 0 Å². The number of aromatic nitrogens is 2. The van der Waals surface area contributed by atoms with Gasteiger partial charge in [-0.05, 0) is 26.0 Å². The Balaban J connectivity index is 2.07. The first-order valence-electron chi connectivity index (χ1n) is 6.78. The van der Waals surface area contributed by atoms with E-state index >= 15 is 0 Å². The molecule has 0 saturated heterocycles. The quantitative estimate of drug-likeness (QED) is 0.826. The van der Waals surface area contributed by atoms with Gasteiger partial charge in [-0.25, -0.2) is 19.6 Å². The molecule has 2 heterocycles. The van der Waals surface area contributed by atoms with Crippen LogP contribution in [0.4, 0.5) is 10.6 Å². The molecule has 0 aliphatic rings. The summed E-state index contributed by atoms with van der Waals surface area (Å²) in [6.45, 7) is 4.43. The minimum atomic E-state index is -0.438. The third-order valence-electron chi connectivity index (χ3n) is 2.58. The highest BCUT2D eigenvalue weighted by Crippen LogP contribution is 2.24. The van der Waals surface area contributed by atoms with Crippen molar-refractivity contribution in [3.05, 3.63) is 29.4 Å². The first kappa shape index (κ1) is 15.9. The molecule has 2 aromatic heterocycles. The number of hydrogen-bond donors (Lipinski definition) is 2. The first-order valence-corrected chi connectivity index (χ1v) is 7.66. The Hall–Kier alpha value is -2.48. The van der Waals surface area contributed by atoms with Gasteiger partial charge in [0.15, 0.2) is 5.69 Å². The maximum absolute atomic E-state index is 11.6. The highest BCUT2D eigenvalue weighted by molar-refractivity contribution is 7.13. The lowest BCUT2D eigenvalue weighted by Crippen LogP contribution is -2.28. The SMILES string of the molecule is CCNC(=O)Nc1ccc(-c2nc(C(=O)OCC)cs2)cn1. The summed E-state index contributed by atoms with van der Waals surface area (Å²) < 4.78 is 4.90. The van der Waals surface area contributed by atoms with Crippen molar-refractivity contribution in [2.75, 3.05) is 18.5 Å². The van der Waals surface area contributed by atoms with E-state index in [9.17, 15) is 9.59 Å². The van der Waals surface area contributed by atoms with Gasteiger partial charge in [0, 0.05) is 23.7 Å². The molecule has 0 aliphatic heterocycles. The number of anilines is 1. The lowest BCUT2D eigenvalue weighted by atomic mass is 10.3. The zero-order valence-corrected chi connectivity index (χ0v) is 13.1. The molecule has 0 bridgehead atoms. The molecule has 8 heteroatoms. The molecular weight excluding hydrogens is 304 g/mol. The fourth-order valence-electron chi connectivity index (χ4n) is 1.62. The summed E-state index contributed by atoms with van der Waals surface area (Å²) in [5.41, 5.74) is 1.05. The number of esters is 1. The van der Waals surface area contributed by atoms with E-state index in [1.54, 1.807) is 30.6 Å². The second-order valence-electron chi connectivity index (χ2n) is 4.17. The molecule has 116 valence electrons. The molecule has 7 nitrogen and oxygen atoms in total. The predicted molar refractivity (Wildman–Crippen MR) is 84.0 cm³/mol. The van der Waals surface area contributed by atoms with Gasteiger partial charge in [-0.1, -0.05) is 0 Å². The fraction of sp³-hybridized carbons (Fsp3) is 0.286. The van der Waals surface area contributed by atoms with Crippen LogP contribution in [0.25, 0.3) is 10.6 Å². The van der Waals surface area contributed by atoms with Crippen molar-refractivity contribution < 1.29 is 14.3 Å². The summed E-state index contributed by atoms with van der Waals surface area (Å²) in [6, 6.07) is 3.15. The van der Waals surface area contributed by atoms with E-state index in [-0.39, 0.29) is 11.7 Å². The maximum atomic E-state index is 11.6. The normalized spacial score (nSPS) is 10.1. The van der Waals surface area contributed by atoms with Gasteiger partial charge in [0.1, 0.15) is 10.8 Å². The van der Waals surface area contributed by atoms with Crippen molar-refractivity contribution in [2.45, 2.75) is 13.8 Å². The van der Waals surface area contributed by atoms with Gasteiger partial charge in [-0.2, -0.15) is 0 Å². The average molecular weight is 320 g/mol. The minimum absolute atomic E-state index is 0.284. The molecule has 2 amide bonds. The van der Waals surface area contributed by atoms with Crippen LogP contribution < -0.4 is 10.6 Å². The number of ether oxygens (including phenoxy) is 1. The van der Waals surface area contributed by atoms with E-state index in [0.717, 1.165) is 5.56 Å². The second-order valence-corrected chi connectivity index (χ2v) is 5.03. The largest absolute Gasteiger partial charge is 0.461 e. The molecule has 0 radical (unpaired) electrons. The van der Waals surface area contributed by atoms with E-state index < -0.39 is 5.97 Å². The van der Waals surface area contributed by atoms with E-state index in [0.29, 0.717) is 24.0 Å². The number of urea groups is 1. The van der Waals surface area contributed by atoms with E-state index in [1.165, 1.54) is 11.3 Å². The third kappa shape index (κ3) is 4.01. The Morgan fingerprint density at radius 3 is 2.77 bits per heavy atom. The molecule has 2 N–H and O–H groups in total. The highest BCUT2D eigenvalue weighted by atomic mass is 32.1. The number of nitrogens with zero attached hydrogens (tertiary/aromatic N) is 2. The van der Waals surface area contributed by atoms with Gasteiger partial charge < -0.3 is 10.1 Å². The van der Waals surface area contributed by atoms with Crippen LogP contribution in [0, 0.1) is 0 Å². The number of thiazole rings is 1. The van der Waals surface area contributed by atoms with Crippen LogP contribution in [0.5, 0.6) is 0 Å². The summed E-state index contributed by atoms with van der Waals surface area (Å²) in [4.78, 5) is 31.3. The van der Waals surface area contributed by atoms with Crippen LogP contribution >= 0.6 is 11.3 Å². The number of nitrogens with one attached hydrogen (secondary N) is 2. The molecule has 0 aliphatic carbocycles. The van der Waals surface area contributed by atoms with Crippen LogP contribution in [-0.2, 0) is 4.74 Å². The highest BCUT2D eigenvalue weighted by Gasteiger charge is 2.13. The number of amides is 2. The second kappa shape index (κ2) is 7.51. The van der Waals surface area contributed by atoms with Crippen molar-refractivity contribution in [1.82, 2.24) is 15.3 Å². The first-order chi connectivity index (χ1) is 10.6. The molecule has 0 aromatic carbocycles. The monoisotopic (exact) mass is 320 g/mol. The van der Waals surface area contributed by atoms with Crippen LogP contribution in [0.15, 0.2) is 23.7 Å². The van der Waals surface area contributed by atoms with Crippen LogP contribution in [-0.4, -0.2) is 35.1 Å². The minimum Gasteiger partial charge on any atom is -0.461 e. The fourth-order valence-corrected chi connectivity index (χ4v) is 2.40. The van der Waals surface area contributed by atoms with Crippen molar-refractivity contribution in [3.8, 4) is 10.6 Å². The molecular formula is C14H16N4O3S. The topological polar surface area (TPSA) is 93.2 Å². The van der Waals surface area contributed by atoms with Gasteiger partial charge in [0.2, 0.25) is 0 Å². The number of carbonyl (C=O) groups is 2. The van der Waals surface area contributed by atoms with E-state index in [2.05, 4.69) is 20.6 Å². The summed E-state index contributed by atoms with van der Waals surface area (Å²) in [5, 5.41) is 7.54. The van der Waals surface area contributed by atoms with Gasteiger partial charge in [-0.3, -0.25) is 5.32 Å². The zero-order valence-electron chi connectivity index (χ0n) is 12.3. The van der Waals surface area contributed by atoms with Gasteiger partial charge in [0.05, 0.1) is 6.61 Å². The summed E-state index contributed by atoms with van der Waals surface area (Å²) in [6.07, 6.45) is 1.59.